The van der Waals surface area contributed by atoms with Crippen LogP contribution in [0.2, 0.25) is 0 Å². The van der Waals surface area contributed by atoms with E-state index < -0.39 is 11.6 Å². The van der Waals surface area contributed by atoms with Crippen LogP contribution >= 0.6 is 0 Å². The van der Waals surface area contributed by atoms with Crippen LogP contribution in [-0.4, -0.2) is 0 Å². The van der Waals surface area contributed by atoms with Crippen molar-refractivity contribution in [3.05, 3.63) is 41.0 Å². The monoisotopic (exact) mass is 264 g/mol. The summed E-state index contributed by atoms with van der Waals surface area (Å²) in [4.78, 5) is 0. The largest absolute Gasteiger partial charge is 0.203 e. The second-order valence-electron chi connectivity index (χ2n) is 5.57. The van der Waals surface area contributed by atoms with E-state index in [1.807, 2.05) is 0 Å². The molecule has 19 heavy (non-hydrogen) atoms. The molecule has 104 valence electrons. The maximum absolute atomic E-state index is 13.9. The smallest absolute Gasteiger partial charge is 0.166 e. The zero-order chi connectivity index (χ0) is 13.8. The molecule has 1 aromatic carbocycles. The van der Waals surface area contributed by atoms with E-state index in [2.05, 4.69) is 13.0 Å². The maximum Gasteiger partial charge on any atom is 0.166 e. The zero-order valence-corrected chi connectivity index (χ0v) is 11.8. The molecule has 0 spiro atoms. The second-order valence-corrected chi connectivity index (χ2v) is 5.57. The van der Waals surface area contributed by atoms with E-state index in [0.717, 1.165) is 30.8 Å². The fourth-order valence-electron chi connectivity index (χ4n) is 2.78. The Kier molecular flexibility index (Phi) is 4.73. The lowest BCUT2D eigenvalue weighted by Gasteiger charge is -2.22. The summed E-state index contributed by atoms with van der Waals surface area (Å²) in [5.74, 6) is -0.660. The number of unbranched alkanes of at least 4 members (excludes halogenated alkanes) is 1. The minimum Gasteiger partial charge on any atom is -0.203 e. The number of benzene rings is 1. The lowest BCUT2D eigenvalue weighted by molar-refractivity contribution is 0.432. The average Bonchev–Trinajstić information content (AvgIpc) is 2.44. The zero-order valence-electron chi connectivity index (χ0n) is 11.8. The molecule has 0 nitrogen and oxygen atoms in total. The summed E-state index contributed by atoms with van der Waals surface area (Å²) >= 11 is 0. The van der Waals surface area contributed by atoms with Crippen LogP contribution in [0.1, 0.15) is 56.6 Å². The fraction of sp³-hybridized carbons (Fsp3) is 0.529. The second kappa shape index (κ2) is 6.31. The minimum absolute atomic E-state index is 0.374. The van der Waals surface area contributed by atoms with Gasteiger partial charge in [0.15, 0.2) is 11.6 Å². The van der Waals surface area contributed by atoms with Crippen LogP contribution in [0, 0.1) is 24.5 Å². The first-order valence-corrected chi connectivity index (χ1v) is 7.27. The van der Waals surface area contributed by atoms with Gasteiger partial charge in [-0.25, -0.2) is 8.78 Å². The third-order valence-corrected chi connectivity index (χ3v) is 4.11. The quantitative estimate of drug-likeness (QED) is 0.659. The van der Waals surface area contributed by atoms with Crippen molar-refractivity contribution in [2.45, 2.75) is 52.4 Å². The summed E-state index contributed by atoms with van der Waals surface area (Å²) in [6.07, 6.45) is 8.83. The van der Waals surface area contributed by atoms with Gasteiger partial charge in [0.1, 0.15) is 0 Å². The van der Waals surface area contributed by atoms with Gasteiger partial charge >= 0.3 is 0 Å². The molecule has 0 heterocycles. The molecule has 1 unspecified atom stereocenters. The number of allylic oxidation sites excluding steroid dienone is 2. The molecule has 0 aromatic heterocycles. The molecule has 1 atom stereocenters. The van der Waals surface area contributed by atoms with E-state index in [4.69, 9.17) is 0 Å². The highest BCUT2D eigenvalue weighted by Gasteiger charge is 2.19. The molecule has 0 saturated carbocycles. The van der Waals surface area contributed by atoms with Crippen LogP contribution in [0.25, 0.3) is 5.57 Å². The molecule has 2 heteroatoms. The Bertz CT molecular complexity index is 474. The highest BCUT2D eigenvalue weighted by atomic mass is 19.2. The Hall–Kier alpha value is -1.18. The molecule has 0 N–H and O–H groups in total. The Balaban J connectivity index is 2.12. The lowest BCUT2D eigenvalue weighted by atomic mass is 9.84. The Morgan fingerprint density at radius 1 is 1.21 bits per heavy atom. The average molecular weight is 264 g/mol. The minimum atomic E-state index is -0.702. The molecule has 0 radical (unpaired) electrons. The molecule has 0 saturated heterocycles. The molecule has 1 aromatic rings. The normalized spacial score (nSPS) is 19.4. The van der Waals surface area contributed by atoms with Crippen molar-refractivity contribution in [3.8, 4) is 0 Å². The maximum atomic E-state index is 13.9. The van der Waals surface area contributed by atoms with E-state index in [1.54, 1.807) is 19.1 Å². The molecular weight excluding hydrogens is 242 g/mol. The van der Waals surface area contributed by atoms with Gasteiger partial charge in [0.05, 0.1) is 0 Å². The van der Waals surface area contributed by atoms with E-state index in [1.165, 1.54) is 19.3 Å². The van der Waals surface area contributed by atoms with Crippen molar-refractivity contribution < 1.29 is 8.78 Å². The summed E-state index contributed by atoms with van der Waals surface area (Å²) in [6.45, 7) is 3.80. The Morgan fingerprint density at radius 2 is 2.00 bits per heavy atom. The number of aryl methyl sites for hydroxylation is 1. The molecule has 2 rings (SSSR count). The topological polar surface area (TPSA) is 0 Å². The van der Waals surface area contributed by atoms with E-state index in [0.29, 0.717) is 11.1 Å². The van der Waals surface area contributed by atoms with E-state index >= 15 is 0 Å². The Labute approximate surface area is 114 Å². The molecule has 0 bridgehead atoms. The van der Waals surface area contributed by atoms with Crippen LogP contribution in [0.5, 0.6) is 0 Å². The number of rotatable bonds is 4. The number of hydrogen-bond donors (Lipinski definition) is 0. The van der Waals surface area contributed by atoms with Gasteiger partial charge in [0.2, 0.25) is 0 Å². The van der Waals surface area contributed by atoms with E-state index in [-0.39, 0.29) is 0 Å². The standard InChI is InChI=1S/C17H22F2/c1-3-4-5-13-7-9-14(10-8-13)15-11-6-12(2)16(18)17(15)19/h6,9,11,13H,3-5,7-8,10H2,1-2H3. The van der Waals surface area contributed by atoms with Crippen molar-refractivity contribution >= 4 is 5.57 Å². The first-order chi connectivity index (χ1) is 9.13. The highest BCUT2D eigenvalue weighted by Crippen LogP contribution is 2.34. The van der Waals surface area contributed by atoms with Crippen molar-refractivity contribution in [2.24, 2.45) is 5.92 Å². The van der Waals surface area contributed by atoms with Crippen molar-refractivity contribution in [2.75, 3.05) is 0 Å². The van der Waals surface area contributed by atoms with Gasteiger partial charge in [0.25, 0.3) is 0 Å². The highest BCUT2D eigenvalue weighted by molar-refractivity contribution is 5.67. The molecule has 1 aliphatic carbocycles. The lowest BCUT2D eigenvalue weighted by Crippen LogP contribution is -2.07. The first-order valence-electron chi connectivity index (χ1n) is 7.27. The molecular formula is C17H22F2. The van der Waals surface area contributed by atoms with Gasteiger partial charge < -0.3 is 0 Å². The fourth-order valence-corrected chi connectivity index (χ4v) is 2.78. The van der Waals surface area contributed by atoms with E-state index in [9.17, 15) is 8.78 Å². The predicted molar refractivity (Wildman–Crippen MR) is 75.9 cm³/mol. The first kappa shape index (κ1) is 14.2. The van der Waals surface area contributed by atoms with Gasteiger partial charge in [-0.15, -0.1) is 0 Å². The molecule has 0 aliphatic heterocycles. The molecule has 1 aliphatic rings. The van der Waals surface area contributed by atoms with Gasteiger partial charge in [0, 0.05) is 5.56 Å². The van der Waals surface area contributed by atoms with Crippen LogP contribution in [0.4, 0.5) is 8.78 Å². The third kappa shape index (κ3) is 3.23. The van der Waals surface area contributed by atoms with Crippen molar-refractivity contribution in [1.29, 1.82) is 0 Å². The van der Waals surface area contributed by atoms with Gasteiger partial charge in [-0.05, 0) is 43.2 Å². The summed E-state index contributed by atoms with van der Waals surface area (Å²) in [5, 5.41) is 0. The van der Waals surface area contributed by atoms with Gasteiger partial charge in [-0.3, -0.25) is 0 Å². The number of halogens is 2. The summed E-state index contributed by atoms with van der Waals surface area (Å²) < 4.78 is 27.5. The van der Waals surface area contributed by atoms with Crippen molar-refractivity contribution in [1.82, 2.24) is 0 Å². The summed E-state index contributed by atoms with van der Waals surface area (Å²) in [6, 6.07) is 3.38. The van der Waals surface area contributed by atoms with Crippen LogP contribution < -0.4 is 0 Å². The third-order valence-electron chi connectivity index (χ3n) is 4.11. The summed E-state index contributed by atoms with van der Waals surface area (Å²) in [7, 11) is 0. The van der Waals surface area contributed by atoms with Crippen LogP contribution in [0.3, 0.4) is 0 Å². The van der Waals surface area contributed by atoms with Crippen LogP contribution in [-0.2, 0) is 0 Å². The molecule has 0 amide bonds. The van der Waals surface area contributed by atoms with Crippen molar-refractivity contribution in [3.63, 3.8) is 0 Å². The summed E-state index contributed by atoms with van der Waals surface area (Å²) in [5.41, 5.74) is 1.81. The predicted octanol–water partition coefficient (Wildman–Crippen LogP) is 5.65. The molecule has 0 fully saturated rings. The van der Waals surface area contributed by atoms with Crippen LogP contribution in [0.15, 0.2) is 18.2 Å². The SMILES string of the molecule is CCCCC1CC=C(c2ccc(C)c(F)c2F)CC1. The van der Waals surface area contributed by atoms with Gasteiger partial charge in [-0.1, -0.05) is 44.4 Å². The Morgan fingerprint density at radius 3 is 2.63 bits per heavy atom. The van der Waals surface area contributed by atoms with Gasteiger partial charge in [-0.2, -0.15) is 0 Å². The number of hydrogen-bond acceptors (Lipinski definition) is 0.